The second-order valence-corrected chi connectivity index (χ2v) is 6.31. The number of carbonyl (C=O) groups excluding carboxylic acids is 1. The average Bonchev–Trinajstić information content (AvgIpc) is 2.58. The van der Waals surface area contributed by atoms with E-state index in [0.29, 0.717) is 5.56 Å². The van der Waals surface area contributed by atoms with Crippen LogP contribution in [-0.4, -0.2) is 39.1 Å². The highest BCUT2D eigenvalue weighted by Crippen LogP contribution is 2.18. The van der Waals surface area contributed by atoms with Gasteiger partial charge in [-0.15, -0.1) is 0 Å². The number of likely N-dealkylation sites (N-methyl/N-ethyl adjacent to an activating group) is 1. The number of amides is 1. The summed E-state index contributed by atoms with van der Waals surface area (Å²) in [6, 6.07) is 14.2. The standard InChI is InChI=1S/C19H22FN3O/c1-22-10-12-23(13-11-22)17-8-6-16(7-9-17)21-19(24)14-15-4-2-3-5-18(15)20/h2-9H,10-14H2,1H3,(H,21,24)/p+1. The van der Waals surface area contributed by atoms with Gasteiger partial charge in [0, 0.05) is 11.4 Å². The Morgan fingerprint density at radius 2 is 1.79 bits per heavy atom. The number of hydrogen-bond donors (Lipinski definition) is 2. The molecule has 3 rings (SSSR count). The zero-order chi connectivity index (χ0) is 16.9. The Morgan fingerprint density at radius 3 is 2.46 bits per heavy atom. The van der Waals surface area contributed by atoms with Crippen LogP contribution in [0.4, 0.5) is 15.8 Å². The molecule has 4 nitrogen and oxygen atoms in total. The molecule has 0 bridgehead atoms. The first-order valence-electron chi connectivity index (χ1n) is 8.31. The maximum atomic E-state index is 13.6. The van der Waals surface area contributed by atoms with E-state index in [2.05, 4.69) is 17.3 Å². The van der Waals surface area contributed by atoms with Crippen molar-refractivity contribution >= 4 is 17.3 Å². The summed E-state index contributed by atoms with van der Waals surface area (Å²) in [5.74, 6) is -0.559. The number of quaternary nitrogens is 1. The molecule has 2 aromatic carbocycles. The molecule has 1 aliphatic heterocycles. The van der Waals surface area contributed by atoms with E-state index in [1.807, 2.05) is 24.3 Å². The fourth-order valence-electron chi connectivity index (χ4n) is 2.92. The summed E-state index contributed by atoms with van der Waals surface area (Å²) in [6.07, 6.45) is 0.0374. The van der Waals surface area contributed by atoms with Crippen molar-refractivity contribution in [1.82, 2.24) is 0 Å². The lowest BCUT2D eigenvalue weighted by atomic mass is 10.1. The van der Waals surface area contributed by atoms with E-state index in [1.54, 1.807) is 23.1 Å². The summed E-state index contributed by atoms with van der Waals surface area (Å²) in [7, 11) is 2.21. The summed E-state index contributed by atoms with van der Waals surface area (Å²) in [5.41, 5.74) is 2.32. The molecule has 0 saturated carbocycles. The number of piperazine rings is 1. The van der Waals surface area contributed by atoms with Crippen LogP contribution in [0.5, 0.6) is 0 Å². The Morgan fingerprint density at radius 1 is 1.12 bits per heavy atom. The van der Waals surface area contributed by atoms with Gasteiger partial charge in [0.1, 0.15) is 5.82 Å². The van der Waals surface area contributed by atoms with Crippen molar-refractivity contribution in [2.45, 2.75) is 6.42 Å². The number of nitrogens with zero attached hydrogens (tertiary/aromatic N) is 1. The first-order chi connectivity index (χ1) is 11.6. The highest BCUT2D eigenvalue weighted by molar-refractivity contribution is 5.92. The first-order valence-corrected chi connectivity index (χ1v) is 8.31. The highest BCUT2D eigenvalue weighted by atomic mass is 19.1. The van der Waals surface area contributed by atoms with Gasteiger partial charge in [0.2, 0.25) is 5.91 Å². The number of benzene rings is 2. The number of rotatable bonds is 4. The van der Waals surface area contributed by atoms with Gasteiger partial charge in [-0.2, -0.15) is 0 Å². The second kappa shape index (κ2) is 7.45. The smallest absolute Gasteiger partial charge is 0.228 e. The van der Waals surface area contributed by atoms with Gasteiger partial charge in [-0.25, -0.2) is 4.39 Å². The van der Waals surface area contributed by atoms with Gasteiger partial charge < -0.3 is 15.1 Å². The lowest BCUT2D eigenvalue weighted by molar-refractivity contribution is -0.880. The van der Waals surface area contributed by atoms with Crippen LogP contribution in [0.15, 0.2) is 48.5 Å². The normalized spacial score (nSPS) is 15.3. The van der Waals surface area contributed by atoms with Gasteiger partial charge in [-0.05, 0) is 35.9 Å². The predicted octanol–water partition coefficient (Wildman–Crippen LogP) is 1.34. The van der Waals surface area contributed by atoms with Gasteiger partial charge >= 0.3 is 0 Å². The number of hydrogen-bond acceptors (Lipinski definition) is 2. The Hall–Kier alpha value is -2.40. The van der Waals surface area contributed by atoms with E-state index in [1.165, 1.54) is 11.8 Å². The van der Waals surface area contributed by atoms with Crippen molar-refractivity contribution in [2.75, 3.05) is 43.4 Å². The largest absolute Gasteiger partial charge is 0.360 e. The average molecular weight is 328 g/mol. The van der Waals surface area contributed by atoms with Crippen LogP contribution in [0.2, 0.25) is 0 Å². The molecule has 0 spiro atoms. The Bertz CT molecular complexity index is 694. The summed E-state index contributed by atoms with van der Waals surface area (Å²) >= 11 is 0. The van der Waals surface area contributed by atoms with Crippen LogP contribution in [0.1, 0.15) is 5.56 Å². The van der Waals surface area contributed by atoms with Crippen LogP contribution in [-0.2, 0) is 11.2 Å². The lowest BCUT2D eigenvalue weighted by Crippen LogP contribution is -3.12. The fourth-order valence-corrected chi connectivity index (χ4v) is 2.92. The molecule has 0 unspecified atom stereocenters. The molecule has 1 saturated heterocycles. The summed E-state index contributed by atoms with van der Waals surface area (Å²) in [6.45, 7) is 4.37. The van der Waals surface area contributed by atoms with E-state index < -0.39 is 0 Å². The molecule has 0 aliphatic carbocycles. The van der Waals surface area contributed by atoms with Gasteiger partial charge in [0.05, 0.1) is 39.6 Å². The number of nitrogens with one attached hydrogen (secondary N) is 2. The summed E-state index contributed by atoms with van der Waals surface area (Å²) in [4.78, 5) is 16.0. The van der Waals surface area contributed by atoms with Crippen LogP contribution < -0.4 is 15.1 Å². The maximum absolute atomic E-state index is 13.6. The molecule has 0 radical (unpaired) electrons. The molecule has 1 amide bonds. The van der Waals surface area contributed by atoms with Crippen molar-refractivity contribution in [1.29, 1.82) is 0 Å². The SMILES string of the molecule is C[NH+]1CCN(c2ccc(NC(=O)Cc3ccccc3F)cc2)CC1. The van der Waals surface area contributed by atoms with Gasteiger partial charge in [-0.3, -0.25) is 4.79 Å². The molecule has 5 heteroatoms. The molecule has 0 aromatic heterocycles. The second-order valence-electron chi connectivity index (χ2n) is 6.31. The van der Waals surface area contributed by atoms with Gasteiger partial charge in [0.25, 0.3) is 0 Å². The van der Waals surface area contributed by atoms with Crippen LogP contribution in [0, 0.1) is 5.82 Å². The Kier molecular flexibility index (Phi) is 5.11. The van der Waals surface area contributed by atoms with Gasteiger partial charge in [0.15, 0.2) is 0 Å². The van der Waals surface area contributed by atoms with Crippen LogP contribution >= 0.6 is 0 Å². The minimum Gasteiger partial charge on any atom is -0.360 e. The number of halogens is 1. The fraction of sp³-hybridized carbons (Fsp3) is 0.316. The van der Waals surface area contributed by atoms with Crippen molar-refractivity contribution in [3.8, 4) is 0 Å². The quantitative estimate of drug-likeness (QED) is 0.889. The van der Waals surface area contributed by atoms with Crippen molar-refractivity contribution in [3.05, 3.63) is 59.9 Å². The summed E-state index contributed by atoms with van der Waals surface area (Å²) in [5, 5.41) is 2.83. The predicted molar refractivity (Wildman–Crippen MR) is 94.0 cm³/mol. The van der Waals surface area contributed by atoms with E-state index >= 15 is 0 Å². The zero-order valence-electron chi connectivity index (χ0n) is 13.9. The molecule has 126 valence electrons. The number of anilines is 2. The molecule has 2 aromatic rings. The third kappa shape index (κ3) is 4.11. The van der Waals surface area contributed by atoms with E-state index in [-0.39, 0.29) is 18.1 Å². The molecule has 1 aliphatic rings. The monoisotopic (exact) mass is 328 g/mol. The minimum absolute atomic E-state index is 0.0374. The Labute approximate surface area is 141 Å². The molecule has 0 atom stereocenters. The topological polar surface area (TPSA) is 36.8 Å². The molecule has 1 fully saturated rings. The maximum Gasteiger partial charge on any atom is 0.228 e. The Balaban J connectivity index is 1.58. The highest BCUT2D eigenvalue weighted by Gasteiger charge is 2.16. The zero-order valence-corrected chi connectivity index (χ0v) is 13.9. The lowest BCUT2D eigenvalue weighted by Gasteiger charge is -2.31. The molecule has 24 heavy (non-hydrogen) atoms. The molecular weight excluding hydrogens is 305 g/mol. The van der Waals surface area contributed by atoms with Crippen molar-refractivity contribution < 1.29 is 14.1 Å². The van der Waals surface area contributed by atoms with E-state index in [0.717, 1.165) is 31.9 Å². The molecule has 1 heterocycles. The van der Waals surface area contributed by atoms with Crippen molar-refractivity contribution in [3.63, 3.8) is 0 Å². The van der Waals surface area contributed by atoms with Crippen LogP contribution in [0.3, 0.4) is 0 Å². The molecular formula is C19H23FN3O+. The third-order valence-electron chi connectivity index (χ3n) is 4.44. The van der Waals surface area contributed by atoms with Crippen LogP contribution in [0.25, 0.3) is 0 Å². The van der Waals surface area contributed by atoms with Crippen molar-refractivity contribution in [2.24, 2.45) is 0 Å². The third-order valence-corrected chi connectivity index (χ3v) is 4.44. The molecule has 2 N–H and O–H groups in total. The van der Waals surface area contributed by atoms with Gasteiger partial charge in [-0.1, -0.05) is 18.2 Å². The van der Waals surface area contributed by atoms with E-state index in [9.17, 15) is 9.18 Å². The van der Waals surface area contributed by atoms with E-state index in [4.69, 9.17) is 0 Å². The summed E-state index contributed by atoms with van der Waals surface area (Å²) < 4.78 is 13.6. The first kappa shape index (κ1) is 16.5. The minimum atomic E-state index is -0.347. The number of carbonyl (C=O) groups is 1.